The number of rotatable bonds is 12. The van der Waals surface area contributed by atoms with E-state index in [1.54, 1.807) is 0 Å². The maximum absolute atomic E-state index is 10.7. The van der Waals surface area contributed by atoms with Crippen molar-refractivity contribution >= 4 is 10.9 Å². The molecule has 31 heavy (non-hydrogen) atoms. The molecule has 0 fully saturated rings. The molecule has 1 atom stereocenters. The number of hydrogen-bond acceptors (Lipinski definition) is 5. The van der Waals surface area contributed by atoms with Gasteiger partial charge in [-0.25, -0.2) is 0 Å². The lowest BCUT2D eigenvalue weighted by Gasteiger charge is -2.22. The molecule has 0 saturated heterocycles. The Morgan fingerprint density at radius 3 is 2.48 bits per heavy atom. The summed E-state index contributed by atoms with van der Waals surface area (Å²) < 4.78 is 13.0. The summed E-state index contributed by atoms with van der Waals surface area (Å²) in [6.45, 7) is 7.45. The summed E-state index contributed by atoms with van der Waals surface area (Å²) in [5, 5.41) is 20.7. The maximum Gasteiger partial charge on any atom is 0.119 e. The lowest BCUT2D eigenvalue weighted by atomic mass is 10.2. The van der Waals surface area contributed by atoms with Crippen LogP contribution in [0.25, 0.3) is 10.9 Å². The Kier molecular flexibility index (Phi) is 8.49. The van der Waals surface area contributed by atoms with Crippen LogP contribution in [0.1, 0.15) is 16.8 Å². The first-order valence-electron chi connectivity index (χ1n) is 10.8. The van der Waals surface area contributed by atoms with Crippen LogP contribution in [0.2, 0.25) is 0 Å². The molecule has 0 bridgehead atoms. The second-order valence-corrected chi connectivity index (χ2v) is 8.02. The normalized spacial score (nSPS) is 12.6. The SMILES string of the molecule is Cc1c(C)n(C[C@H](O)CN(C)Cc2ccc(OCCOCCO)cc2)c2ccccc12. The number of nitrogens with zero attached hydrogens (tertiary/aromatic N) is 2. The summed E-state index contributed by atoms with van der Waals surface area (Å²) >= 11 is 0. The van der Waals surface area contributed by atoms with E-state index in [0.717, 1.165) is 17.9 Å². The number of fused-ring (bicyclic) bond motifs is 1. The van der Waals surface area contributed by atoms with Crippen molar-refractivity contribution in [2.24, 2.45) is 0 Å². The molecule has 0 unspecified atom stereocenters. The van der Waals surface area contributed by atoms with Crippen molar-refractivity contribution in [3.8, 4) is 5.75 Å². The largest absolute Gasteiger partial charge is 0.491 e. The minimum Gasteiger partial charge on any atom is -0.491 e. The third kappa shape index (κ3) is 6.31. The minimum atomic E-state index is -0.458. The van der Waals surface area contributed by atoms with E-state index in [1.807, 2.05) is 37.4 Å². The molecule has 0 spiro atoms. The van der Waals surface area contributed by atoms with E-state index < -0.39 is 6.10 Å². The molecule has 0 saturated carbocycles. The standard InChI is InChI=1S/C25H34N2O4/c1-19-20(2)27(25-7-5-4-6-24(19)25)18-22(29)17-26(3)16-21-8-10-23(11-9-21)31-15-14-30-13-12-28/h4-11,22,28-29H,12-18H2,1-3H3/t22-/m1/s1. The number of para-hydroxylation sites is 1. The van der Waals surface area contributed by atoms with E-state index in [1.165, 1.54) is 22.2 Å². The number of ether oxygens (including phenoxy) is 2. The van der Waals surface area contributed by atoms with Crippen molar-refractivity contribution in [2.45, 2.75) is 33.0 Å². The maximum atomic E-state index is 10.7. The second-order valence-electron chi connectivity index (χ2n) is 8.02. The van der Waals surface area contributed by atoms with Gasteiger partial charge in [0.05, 0.1) is 32.5 Å². The number of aliphatic hydroxyl groups is 2. The van der Waals surface area contributed by atoms with Crippen LogP contribution in [0.4, 0.5) is 0 Å². The summed E-state index contributed by atoms with van der Waals surface area (Å²) in [7, 11) is 2.03. The van der Waals surface area contributed by atoms with Crippen LogP contribution in [0, 0.1) is 13.8 Å². The summed E-state index contributed by atoms with van der Waals surface area (Å²) in [6.07, 6.45) is -0.458. The Morgan fingerprint density at radius 2 is 1.74 bits per heavy atom. The number of aromatic nitrogens is 1. The van der Waals surface area contributed by atoms with Crippen LogP contribution >= 0.6 is 0 Å². The molecule has 2 aromatic carbocycles. The monoisotopic (exact) mass is 426 g/mol. The predicted molar refractivity (Wildman–Crippen MR) is 124 cm³/mol. The summed E-state index contributed by atoms with van der Waals surface area (Å²) in [4.78, 5) is 2.14. The van der Waals surface area contributed by atoms with Crippen molar-refractivity contribution < 1.29 is 19.7 Å². The first-order chi connectivity index (χ1) is 15.0. The van der Waals surface area contributed by atoms with Crippen molar-refractivity contribution in [1.29, 1.82) is 0 Å². The highest BCUT2D eigenvalue weighted by atomic mass is 16.5. The molecular formula is C25H34N2O4. The average molecular weight is 427 g/mol. The number of hydrogen-bond donors (Lipinski definition) is 2. The molecule has 0 amide bonds. The number of aryl methyl sites for hydroxylation is 1. The fraction of sp³-hybridized carbons (Fsp3) is 0.440. The predicted octanol–water partition coefficient (Wildman–Crippen LogP) is 3.14. The minimum absolute atomic E-state index is 0.0260. The first kappa shape index (κ1) is 23.3. The zero-order valence-corrected chi connectivity index (χ0v) is 18.8. The van der Waals surface area contributed by atoms with Gasteiger partial charge in [0.25, 0.3) is 0 Å². The number of benzene rings is 2. The number of aliphatic hydroxyl groups excluding tert-OH is 2. The zero-order valence-electron chi connectivity index (χ0n) is 18.8. The molecule has 3 rings (SSSR count). The molecule has 1 aromatic heterocycles. The third-order valence-corrected chi connectivity index (χ3v) is 5.57. The van der Waals surface area contributed by atoms with Crippen LogP contribution in [-0.4, -0.2) is 65.8 Å². The Bertz CT molecular complexity index is 952. The lowest BCUT2D eigenvalue weighted by molar-refractivity contribution is 0.0705. The van der Waals surface area contributed by atoms with Gasteiger partial charge in [-0.15, -0.1) is 0 Å². The van der Waals surface area contributed by atoms with Gasteiger partial charge in [0.15, 0.2) is 0 Å². The van der Waals surface area contributed by atoms with Crippen LogP contribution in [0.5, 0.6) is 5.75 Å². The third-order valence-electron chi connectivity index (χ3n) is 5.57. The molecule has 3 aromatic rings. The van der Waals surface area contributed by atoms with E-state index >= 15 is 0 Å². The van der Waals surface area contributed by atoms with Crippen molar-refractivity contribution in [2.75, 3.05) is 40.0 Å². The fourth-order valence-electron chi connectivity index (χ4n) is 3.92. The summed E-state index contributed by atoms with van der Waals surface area (Å²) in [5.74, 6) is 0.796. The Hall–Kier alpha value is -2.38. The van der Waals surface area contributed by atoms with Gasteiger partial charge in [0, 0.05) is 29.7 Å². The molecule has 0 aliphatic rings. The topological polar surface area (TPSA) is 67.1 Å². The van der Waals surface area contributed by atoms with Gasteiger partial charge in [-0.3, -0.25) is 4.90 Å². The van der Waals surface area contributed by atoms with Gasteiger partial charge >= 0.3 is 0 Å². The Balaban J connectivity index is 1.49. The van der Waals surface area contributed by atoms with Crippen molar-refractivity contribution in [3.63, 3.8) is 0 Å². The molecule has 2 N–H and O–H groups in total. The number of likely N-dealkylation sites (N-methyl/N-ethyl adjacent to an activating group) is 1. The van der Waals surface area contributed by atoms with E-state index in [9.17, 15) is 5.11 Å². The van der Waals surface area contributed by atoms with Gasteiger partial charge in [0.1, 0.15) is 12.4 Å². The van der Waals surface area contributed by atoms with E-state index in [-0.39, 0.29) is 6.61 Å². The molecule has 0 aliphatic heterocycles. The van der Waals surface area contributed by atoms with Crippen molar-refractivity contribution in [3.05, 3.63) is 65.4 Å². The average Bonchev–Trinajstić information content (AvgIpc) is 3.00. The quantitative estimate of drug-likeness (QED) is 0.436. The van der Waals surface area contributed by atoms with E-state index in [2.05, 4.69) is 41.5 Å². The molecule has 168 valence electrons. The highest BCUT2D eigenvalue weighted by molar-refractivity contribution is 5.85. The van der Waals surface area contributed by atoms with Gasteiger partial charge in [-0.1, -0.05) is 30.3 Å². The molecular weight excluding hydrogens is 392 g/mol. The smallest absolute Gasteiger partial charge is 0.119 e. The van der Waals surface area contributed by atoms with Gasteiger partial charge < -0.3 is 24.3 Å². The zero-order chi connectivity index (χ0) is 22.2. The summed E-state index contributed by atoms with van der Waals surface area (Å²) in [5.41, 5.74) is 4.83. The molecule has 1 heterocycles. The van der Waals surface area contributed by atoms with Gasteiger partial charge in [-0.05, 0) is 50.2 Å². The van der Waals surface area contributed by atoms with Crippen molar-refractivity contribution in [1.82, 2.24) is 9.47 Å². The molecule has 0 radical (unpaired) electrons. The fourth-order valence-corrected chi connectivity index (χ4v) is 3.92. The highest BCUT2D eigenvalue weighted by Gasteiger charge is 2.15. The second kappa shape index (κ2) is 11.3. The Labute approximate surface area is 184 Å². The van der Waals surface area contributed by atoms with Gasteiger partial charge in [-0.2, -0.15) is 0 Å². The summed E-state index contributed by atoms with van der Waals surface area (Å²) in [6, 6.07) is 16.3. The Morgan fingerprint density at radius 1 is 1.00 bits per heavy atom. The van der Waals surface area contributed by atoms with Crippen LogP contribution in [0.3, 0.4) is 0 Å². The van der Waals surface area contributed by atoms with Crippen LogP contribution in [-0.2, 0) is 17.8 Å². The van der Waals surface area contributed by atoms with Gasteiger partial charge in [0.2, 0.25) is 0 Å². The van der Waals surface area contributed by atoms with Crippen LogP contribution in [0.15, 0.2) is 48.5 Å². The highest BCUT2D eigenvalue weighted by Crippen LogP contribution is 2.25. The molecule has 0 aliphatic carbocycles. The van der Waals surface area contributed by atoms with E-state index in [4.69, 9.17) is 14.6 Å². The van der Waals surface area contributed by atoms with Crippen LogP contribution < -0.4 is 4.74 Å². The molecule has 6 nitrogen and oxygen atoms in total. The molecule has 6 heteroatoms. The lowest BCUT2D eigenvalue weighted by Crippen LogP contribution is -2.32. The first-order valence-corrected chi connectivity index (χ1v) is 10.8. The van der Waals surface area contributed by atoms with E-state index in [0.29, 0.717) is 32.9 Å².